The average Bonchev–Trinajstić information content (AvgIpc) is 2.68. The van der Waals surface area contributed by atoms with Crippen LogP contribution in [-0.4, -0.2) is 43.2 Å². The van der Waals surface area contributed by atoms with Crippen molar-refractivity contribution in [3.05, 3.63) is 53.1 Å². The normalized spacial score (nSPS) is 16.9. The molecule has 0 spiro atoms. The number of hydrogen-bond acceptors (Lipinski definition) is 4. The maximum atomic E-state index is 12.6. The van der Waals surface area contributed by atoms with Crippen LogP contribution in [0.5, 0.6) is 17.2 Å². The highest BCUT2D eigenvalue weighted by Crippen LogP contribution is 2.31. The second-order valence-corrected chi connectivity index (χ2v) is 7.25. The molecule has 142 valence electrons. The molecule has 0 aliphatic carbocycles. The fourth-order valence-corrected chi connectivity index (χ4v) is 3.62. The zero-order valence-corrected chi connectivity index (χ0v) is 15.8. The van der Waals surface area contributed by atoms with Crippen molar-refractivity contribution < 1.29 is 19.0 Å². The molecule has 0 atom stereocenters. The second-order valence-electron chi connectivity index (χ2n) is 6.81. The minimum atomic E-state index is 0.113. The quantitative estimate of drug-likeness (QED) is 0.802. The number of rotatable bonds is 4. The molecule has 0 saturated carbocycles. The number of nitrogens with zero attached hydrogens (tertiary/aromatic N) is 1. The summed E-state index contributed by atoms with van der Waals surface area (Å²) in [4.78, 5) is 14.6. The van der Waals surface area contributed by atoms with Gasteiger partial charge in [-0.05, 0) is 35.9 Å². The molecule has 1 amide bonds. The third-order valence-corrected chi connectivity index (χ3v) is 5.09. The summed E-state index contributed by atoms with van der Waals surface area (Å²) in [5.74, 6) is 2.38. The molecule has 2 aliphatic heterocycles. The molecule has 0 N–H and O–H groups in total. The van der Waals surface area contributed by atoms with Gasteiger partial charge in [-0.25, -0.2) is 0 Å². The molecule has 1 saturated heterocycles. The van der Waals surface area contributed by atoms with Crippen molar-refractivity contribution in [3.63, 3.8) is 0 Å². The summed E-state index contributed by atoms with van der Waals surface area (Å²) in [5, 5.41) is 0.666. The van der Waals surface area contributed by atoms with E-state index in [0.29, 0.717) is 37.7 Å². The smallest absolute Gasteiger partial charge is 0.226 e. The van der Waals surface area contributed by atoms with Gasteiger partial charge in [0.15, 0.2) is 11.5 Å². The van der Waals surface area contributed by atoms with Gasteiger partial charge < -0.3 is 19.1 Å². The van der Waals surface area contributed by atoms with Crippen molar-refractivity contribution in [1.29, 1.82) is 0 Å². The second kappa shape index (κ2) is 8.09. The van der Waals surface area contributed by atoms with Crippen LogP contribution < -0.4 is 14.2 Å². The molecule has 1 fully saturated rings. The van der Waals surface area contributed by atoms with Gasteiger partial charge in [-0.3, -0.25) is 4.79 Å². The van der Waals surface area contributed by atoms with Gasteiger partial charge in [-0.1, -0.05) is 23.7 Å². The molecule has 2 aromatic rings. The van der Waals surface area contributed by atoms with Gasteiger partial charge in [0.2, 0.25) is 5.91 Å². The lowest BCUT2D eigenvalue weighted by atomic mass is 10.1. The first kappa shape index (κ1) is 18.0. The van der Waals surface area contributed by atoms with E-state index in [1.807, 2.05) is 47.4 Å². The molecule has 0 unspecified atom stereocenters. The number of piperidine rings is 1. The van der Waals surface area contributed by atoms with Crippen molar-refractivity contribution >= 4 is 17.5 Å². The number of halogens is 1. The molecular weight excluding hydrogens is 366 g/mol. The first-order valence-corrected chi connectivity index (χ1v) is 9.64. The Labute approximate surface area is 163 Å². The Bertz CT molecular complexity index is 818. The minimum Gasteiger partial charge on any atom is -0.490 e. The van der Waals surface area contributed by atoms with E-state index in [4.69, 9.17) is 25.8 Å². The zero-order valence-electron chi connectivity index (χ0n) is 15.0. The molecule has 0 aromatic heterocycles. The molecular formula is C21H22ClNO4. The summed E-state index contributed by atoms with van der Waals surface area (Å²) >= 11 is 6.00. The Morgan fingerprint density at radius 3 is 2.63 bits per heavy atom. The van der Waals surface area contributed by atoms with E-state index in [9.17, 15) is 4.79 Å². The molecule has 2 heterocycles. The molecule has 4 rings (SSSR count). The van der Waals surface area contributed by atoms with Crippen LogP contribution in [-0.2, 0) is 11.2 Å². The number of benzene rings is 2. The van der Waals surface area contributed by atoms with Crippen LogP contribution >= 0.6 is 11.6 Å². The van der Waals surface area contributed by atoms with E-state index in [2.05, 4.69) is 0 Å². The van der Waals surface area contributed by atoms with Gasteiger partial charge in [-0.2, -0.15) is 0 Å². The zero-order chi connectivity index (χ0) is 18.6. The summed E-state index contributed by atoms with van der Waals surface area (Å²) in [7, 11) is 0. The highest BCUT2D eigenvalue weighted by atomic mass is 35.5. The Morgan fingerprint density at radius 2 is 1.85 bits per heavy atom. The van der Waals surface area contributed by atoms with E-state index in [1.165, 1.54) is 0 Å². The number of likely N-dealkylation sites (tertiary alicyclic amines) is 1. The van der Waals surface area contributed by atoms with Crippen LogP contribution in [0.25, 0.3) is 0 Å². The van der Waals surface area contributed by atoms with E-state index in [1.54, 1.807) is 0 Å². The third kappa shape index (κ3) is 4.48. The predicted molar refractivity (Wildman–Crippen MR) is 103 cm³/mol. The lowest BCUT2D eigenvalue weighted by Gasteiger charge is -2.32. The Kier molecular flexibility index (Phi) is 5.39. The number of ether oxygens (including phenoxy) is 3. The molecule has 2 aliphatic rings. The molecule has 27 heavy (non-hydrogen) atoms. The molecule has 0 radical (unpaired) electrons. The Morgan fingerprint density at radius 1 is 1.07 bits per heavy atom. The van der Waals surface area contributed by atoms with Gasteiger partial charge in [0, 0.05) is 31.0 Å². The highest BCUT2D eigenvalue weighted by Gasteiger charge is 2.24. The van der Waals surface area contributed by atoms with Gasteiger partial charge >= 0.3 is 0 Å². The monoisotopic (exact) mass is 387 g/mol. The summed E-state index contributed by atoms with van der Waals surface area (Å²) in [6.07, 6.45) is 2.12. The van der Waals surface area contributed by atoms with Crippen molar-refractivity contribution in [2.24, 2.45) is 0 Å². The predicted octanol–water partition coefficient (Wildman–Crippen LogP) is 3.72. The lowest BCUT2D eigenvalue weighted by molar-refractivity contribution is -0.132. The van der Waals surface area contributed by atoms with Crippen LogP contribution in [0.1, 0.15) is 18.4 Å². The average molecular weight is 388 g/mol. The summed E-state index contributed by atoms with van der Waals surface area (Å²) in [6.45, 7) is 2.52. The molecule has 5 nitrogen and oxygen atoms in total. The van der Waals surface area contributed by atoms with Crippen LogP contribution in [0.2, 0.25) is 5.02 Å². The van der Waals surface area contributed by atoms with Crippen molar-refractivity contribution in [1.82, 2.24) is 4.90 Å². The lowest BCUT2D eigenvalue weighted by Crippen LogP contribution is -2.42. The summed E-state index contributed by atoms with van der Waals surface area (Å²) < 4.78 is 17.1. The number of amides is 1. The largest absolute Gasteiger partial charge is 0.490 e. The fraction of sp³-hybridized carbons (Fsp3) is 0.381. The number of fused-ring (bicyclic) bond motifs is 1. The summed E-state index contributed by atoms with van der Waals surface area (Å²) in [6, 6.07) is 13.1. The third-order valence-electron chi connectivity index (χ3n) is 4.86. The maximum Gasteiger partial charge on any atom is 0.226 e. The van der Waals surface area contributed by atoms with E-state index in [0.717, 1.165) is 35.7 Å². The highest BCUT2D eigenvalue weighted by molar-refractivity contribution is 6.30. The number of carbonyl (C=O) groups excluding carboxylic acids is 1. The van der Waals surface area contributed by atoms with Gasteiger partial charge in [0.05, 0.1) is 6.42 Å². The van der Waals surface area contributed by atoms with Crippen LogP contribution in [0.3, 0.4) is 0 Å². The topological polar surface area (TPSA) is 48.0 Å². The molecule has 0 bridgehead atoms. The standard InChI is InChI=1S/C21H22ClNO4/c22-16-2-1-3-18(14-16)27-17-6-8-23(9-7-17)21(24)13-15-4-5-19-20(12-15)26-11-10-25-19/h1-5,12,14,17H,6-11,13H2. The Balaban J connectivity index is 1.29. The molecule has 6 heteroatoms. The first-order valence-electron chi connectivity index (χ1n) is 9.26. The van der Waals surface area contributed by atoms with E-state index >= 15 is 0 Å². The Hall–Kier alpha value is -2.40. The van der Waals surface area contributed by atoms with Gasteiger partial charge in [0.1, 0.15) is 25.1 Å². The van der Waals surface area contributed by atoms with Gasteiger partial charge in [0.25, 0.3) is 0 Å². The minimum absolute atomic E-state index is 0.113. The summed E-state index contributed by atoms with van der Waals surface area (Å²) in [5.41, 5.74) is 0.946. The molecule has 2 aromatic carbocycles. The van der Waals surface area contributed by atoms with E-state index < -0.39 is 0 Å². The first-order chi connectivity index (χ1) is 13.2. The SMILES string of the molecule is O=C(Cc1ccc2c(c1)OCCO2)N1CCC(Oc2cccc(Cl)c2)CC1. The number of hydrogen-bond donors (Lipinski definition) is 0. The van der Waals surface area contributed by atoms with Crippen molar-refractivity contribution in [2.75, 3.05) is 26.3 Å². The van der Waals surface area contributed by atoms with Crippen molar-refractivity contribution in [3.8, 4) is 17.2 Å². The van der Waals surface area contributed by atoms with Crippen LogP contribution in [0, 0.1) is 0 Å². The number of carbonyl (C=O) groups is 1. The van der Waals surface area contributed by atoms with E-state index in [-0.39, 0.29) is 12.0 Å². The van der Waals surface area contributed by atoms with Crippen LogP contribution in [0.15, 0.2) is 42.5 Å². The fourth-order valence-electron chi connectivity index (χ4n) is 3.44. The maximum absolute atomic E-state index is 12.6. The van der Waals surface area contributed by atoms with Gasteiger partial charge in [-0.15, -0.1) is 0 Å². The van der Waals surface area contributed by atoms with Crippen LogP contribution in [0.4, 0.5) is 0 Å². The van der Waals surface area contributed by atoms with Crippen molar-refractivity contribution in [2.45, 2.75) is 25.4 Å².